The Hall–Kier alpha value is -1.59. The summed E-state index contributed by atoms with van der Waals surface area (Å²) in [5, 5.41) is 7.27. The van der Waals surface area contributed by atoms with Crippen LogP contribution in [0.3, 0.4) is 0 Å². The highest BCUT2D eigenvalue weighted by Gasteiger charge is 2.23. The predicted octanol–water partition coefficient (Wildman–Crippen LogP) is 1.70. The van der Waals surface area contributed by atoms with E-state index in [1.807, 2.05) is 20.8 Å². The summed E-state index contributed by atoms with van der Waals surface area (Å²) in [6, 6.07) is 0. The van der Waals surface area contributed by atoms with Crippen LogP contribution in [0, 0.1) is 0 Å². The number of carbonyl (C=O) groups excluding carboxylic acids is 1. The summed E-state index contributed by atoms with van der Waals surface area (Å²) < 4.78 is 10.3. The van der Waals surface area contributed by atoms with Crippen LogP contribution in [0.25, 0.3) is 0 Å². The first-order chi connectivity index (χ1) is 12.0. The second kappa shape index (κ2) is 11.2. The highest BCUT2D eigenvalue weighted by atomic mass is 127. The van der Waals surface area contributed by atoms with Crippen LogP contribution in [0.2, 0.25) is 0 Å². The first kappa shape index (κ1) is 22.5. The number of rotatable bonds is 5. The van der Waals surface area contributed by atoms with Crippen LogP contribution in [0.4, 0.5) is 4.79 Å². The van der Waals surface area contributed by atoms with E-state index < -0.39 is 0 Å². The first-order valence-corrected chi connectivity index (χ1v) is 8.74. The van der Waals surface area contributed by atoms with E-state index >= 15 is 0 Å². The molecule has 0 atom stereocenters. The Morgan fingerprint density at radius 2 is 1.96 bits per heavy atom. The summed E-state index contributed by atoms with van der Waals surface area (Å²) in [6.45, 7) is 9.62. The van der Waals surface area contributed by atoms with Gasteiger partial charge in [-0.15, -0.1) is 24.0 Å². The lowest BCUT2D eigenvalue weighted by Gasteiger charge is -2.35. The third kappa shape index (κ3) is 6.29. The number of aromatic nitrogens is 2. The van der Waals surface area contributed by atoms with Crippen LogP contribution in [-0.2, 0) is 11.2 Å². The molecule has 2 heterocycles. The Morgan fingerprint density at radius 1 is 1.31 bits per heavy atom. The van der Waals surface area contributed by atoms with E-state index in [2.05, 4.69) is 25.3 Å². The van der Waals surface area contributed by atoms with Gasteiger partial charge in [-0.05, 0) is 6.92 Å². The molecule has 0 bridgehead atoms. The zero-order valence-corrected chi connectivity index (χ0v) is 18.2. The zero-order valence-electron chi connectivity index (χ0n) is 15.9. The SMILES string of the molecule is CCOC(=O)N1CCN(C(=NC)NCCc2nc(C(C)C)no2)CC1.I. The number of guanidine groups is 1. The van der Waals surface area contributed by atoms with Crippen LogP contribution < -0.4 is 5.32 Å². The summed E-state index contributed by atoms with van der Waals surface area (Å²) in [5.74, 6) is 2.43. The third-order valence-electron chi connectivity index (χ3n) is 3.94. The fourth-order valence-corrected chi connectivity index (χ4v) is 2.53. The number of halogens is 1. The third-order valence-corrected chi connectivity index (χ3v) is 3.94. The first-order valence-electron chi connectivity index (χ1n) is 8.74. The second-order valence-corrected chi connectivity index (χ2v) is 6.10. The minimum absolute atomic E-state index is 0. The highest BCUT2D eigenvalue weighted by molar-refractivity contribution is 14.0. The summed E-state index contributed by atoms with van der Waals surface area (Å²) in [5.41, 5.74) is 0. The van der Waals surface area contributed by atoms with Crippen molar-refractivity contribution in [1.29, 1.82) is 0 Å². The molecule has 9 nitrogen and oxygen atoms in total. The van der Waals surface area contributed by atoms with Crippen molar-refractivity contribution in [1.82, 2.24) is 25.3 Å². The Balaban J connectivity index is 0.00000338. The summed E-state index contributed by atoms with van der Waals surface area (Å²) in [4.78, 5) is 24.3. The predicted molar refractivity (Wildman–Crippen MR) is 109 cm³/mol. The summed E-state index contributed by atoms with van der Waals surface area (Å²) >= 11 is 0. The van der Waals surface area contributed by atoms with E-state index in [4.69, 9.17) is 9.26 Å². The minimum atomic E-state index is -0.248. The number of hydrogen-bond acceptors (Lipinski definition) is 6. The molecule has 148 valence electrons. The molecule has 10 heteroatoms. The van der Waals surface area contributed by atoms with Crippen molar-refractivity contribution in [2.45, 2.75) is 33.1 Å². The maximum absolute atomic E-state index is 11.7. The number of piperazine rings is 1. The number of carbonyl (C=O) groups is 1. The highest BCUT2D eigenvalue weighted by Crippen LogP contribution is 2.09. The molecule has 1 aliphatic rings. The van der Waals surface area contributed by atoms with E-state index in [-0.39, 0.29) is 36.0 Å². The number of aliphatic imine (C=N–C) groups is 1. The molecule has 1 aromatic heterocycles. The van der Waals surface area contributed by atoms with Gasteiger partial charge in [-0.3, -0.25) is 4.99 Å². The van der Waals surface area contributed by atoms with Crippen molar-refractivity contribution in [2.24, 2.45) is 4.99 Å². The molecular weight excluding hydrogens is 451 g/mol. The summed E-state index contributed by atoms with van der Waals surface area (Å²) in [6.07, 6.45) is 0.393. The van der Waals surface area contributed by atoms with Crippen molar-refractivity contribution >= 4 is 36.0 Å². The molecule has 1 saturated heterocycles. The molecule has 1 amide bonds. The molecule has 0 spiro atoms. The van der Waals surface area contributed by atoms with E-state index in [9.17, 15) is 4.79 Å². The average molecular weight is 480 g/mol. The fourth-order valence-electron chi connectivity index (χ4n) is 2.53. The number of hydrogen-bond donors (Lipinski definition) is 1. The second-order valence-electron chi connectivity index (χ2n) is 6.10. The standard InChI is InChI=1S/C16H28N6O3.HI/c1-5-24-16(23)22-10-8-21(9-11-22)15(17-4)18-7-6-13-19-14(12(2)3)20-25-13;/h12H,5-11H2,1-4H3,(H,17,18);1H. The molecule has 26 heavy (non-hydrogen) atoms. The van der Waals surface area contributed by atoms with Gasteiger partial charge in [0.2, 0.25) is 5.89 Å². The van der Waals surface area contributed by atoms with Gasteiger partial charge in [-0.25, -0.2) is 4.79 Å². The van der Waals surface area contributed by atoms with Crippen molar-refractivity contribution in [3.8, 4) is 0 Å². The molecule has 0 unspecified atom stereocenters. The van der Waals surface area contributed by atoms with E-state index in [0.29, 0.717) is 38.6 Å². The molecular formula is C16H29IN6O3. The maximum atomic E-state index is 11.7. The van der Waals surface area contributed by atoms with Crippen molar-refractivity contribution < 1.29 is 14.1 Å². The largest absolute Gasteiger partial charge is 0.450 e. The van der Waals surface area contributed by atoms with Gasteiger partial charge in [0.1, 0.15) is 0 Å². The molecule has 1 aliphatic heterocycles. The van der Waals surface area contributed by atoms with Gasteiger partial charge in [0, 0.05) is 52.1 Å². The molecule has 0 saturated carbocycles. The summed E-state index contributed by atoms with van der Waals surface area (Å²) in [7, 11) is 1.75. The molecule has 0 aliphatic carbocycles. The molecule has 1 N–H and O–H groups in total. The topological polar surface area (TPSA) is 96.1 Å². The minimum Gasteiger partial charge on any atom is -0.450 e. The molecule has 1 aromatic rings. The molecule has 0 aromatic carbocycles. The average Bonchev–Trinajstić information content (AvgIpc) is 3.08. The smallest absolute Gasteiger partial charge is 0.409 e. The quantitative estimate of drug-likeness (QED) is 0.390. The van der Waals surface area contributed by atoms with Gasteiger partial charge >= 0.3 is 6.09 Å². The van der Waals surface area contributed by atoms with Crippen LogP contribution in [0.15, 0.2) is 9.52 Å². The van der Waals surface area contributed by atoms with E-state index in [1.54, 1.807) is 11.9 Å². The molecule has 1 fully saturated rings. The van der Waals surface area contributed by atoms with Crippen LogP contribution in [-0.4, -0.2) is 78.4 Å². The molecule has 2 rings (SSSR count). The van der Waals surface area contributed by atoms with Crippen molar-refractivity contribution in [2.75, 3.05) is 46.4 Å². The van der Waals surface area contributed by atoms with Crippen LogP contribution in [0.5, 0.6) is 0 Å². The van der Waals surface area contributed by atoms with Gasteiger partial charge in [-0.2, -0.15) is 4.98 Å². The Bertz CT molecular complexity index is 584. The lowest BCUT2D eigenvalue weighted by atomic mass is 10.2. The van der Waals surface area contributed by atoms with E-state index in [0.717, 1.165) is 24.9 Å². The van der Waals surface area contributed by atoms with Crippen LogP contribution in [0.1, 0.15) is 38.4 Å². The van der Waals surface area contributed by atoms with Gasteiger partial charge in [0.05, 0.1) is 6.61 Å². The van der Waals surface area contributed by atoms with Gasteiger partial charge in [0.15, 0.2) is 11.8 Å². The maximum Gasteiger partial charge on any atom is 0.409 e. The number of ether oxygens (including phenoxy) is 1. The Morgan fingerprint density at radius 3 is 2.50 bits per heavy atom. The van der Waals surface area contributed by atoms with Gasteiger partial charge in [-0.1, -0.05) is 19.0 Å². The fraction of sp³-hybridized carbons (Fsp3) is 0.750. The lowest BCUT2D eigenvalue weighted by molar-refractivity contribution is 0.0914. The van der Waals surface area contributed by atoms with Crippen molar-refractivity contribution in [3.05, 3.63) is 11.7 Å². The normalized spacial score (nSPS) is 15.0. The van der Waals surface area contributed by atoms with Gasteiger partial charge < -0.3 is 24.4 Å². The van der Waals surface area contributed by atoms with Crippen LogP contribution >= 0.6 is 24.0 Å². The monoisotopic (exact) mass is 480 g/mol. The molecule has 0 radical (unpaired) electrons. The number of nitrogens with zero attached hydrogens (tertiary/aromatic N) is 5. The number of amides is 1. The zero-order chi connectivity index (χ0) is 18.2. The number of nitrogens with one attached hydrogen (secondary N) is 1. The Kier molecular flexibility index (Phi) is 9.66. The lowest BCUT2D eigenvalue weighted by Crippen LogP contribution is -2.54. The van der Waals surface area contributed by atoms with Gasteiger partial charge in [0.25, 0.3) is 0 Å². The van der Waals surface area contributed by atoms with E-state index in [1.165, 1.54) is 0 Å². The Labute approximate surface area is 171 Å². The van der Waals surface area contributed by atoms with Crippen molar-refractivity contribution in [3.63, 3.8) is 0 Å².